The molecule has 1 N–H and O–H groups in total. The van der Waals surface area contributed by atoms with E-state index < -0.39 is 10.0 Å². The minimum atomic E-state index is -3.19. The molecular weight excluding hydrogens is 294 g/mol. The maximum absolute atomic E-state index is 12.0. The Morgan fingerprint density at radius 2 is 1.94 bits per heavy atom. The van der Waals surface area contributed by atoms with Crippen molar-refractivity contribution in [2.24, 2.45) is 5.92 Å². The summed E-state index contributed by atoms with van der Waals surface area (Å²) in [5.41, 5.74) is 0. The van der Waals surface area contributed by atoms with Gasteiger partial charge in [0.15, 0.2) is 0 Å². The van der Waals surface area contributed by atoms with Crippen molar-refractivity contribution in [2.75, 3.05) is 18.5 Å². The van der Waals surface area contributed by atoms with Crippen LogP contribution in [0.15, 0.2) is 0 Å². The molecule has 0 aromatic carbocycles. The van der Waals surface area contributed by atoms with Crippen LogP contribution in [0.3, 0.4) is 0 Å². The smallest absolute Gasteiger partial charge is 0.214 e. The molecule has 1 aliphatic heterocycles. The van der Waals surface area contributed by atoms with Crippen LogP contribution >= 0.6 is 15.9 Å². The Kier molecular flexibility index (Phi) is 5.70. The minimum Gasteiger partial charge on any atom is -0.381 e. The summed E-state index contributed by atoms with van der Waals surface area (Å²) in [5, 5.41) is 0.510. The van der Waals surface area contributed by atoms with Gasteiger partial charge in [-0.15, -0.1) is 0 Å². The number of hydrogen-bond acceptors (Lipinski definition) is 3. The molecule has 1 heterocycles. The first-order valence-electron chi connectivity index (χ1n) is 5.62. The van der Waals surface area contributed by atoms with Crippen molar-refractivity contribution in [3.05, 3.63) is 0 Å². The Balaban J connectivity index is 2.56. The van der Waals surface area contributed by atoms with E-state index in [0.29, 0.717) is 26.1 Å². The Morgan fingerprint density at radius 1 is 1.38 bits per heavy atom. The molecule has 1 fully saturated rings. The molecule has 0 bridgehead atoms. The second kappa shape index (κ2) is 6.33. The van der Waals surface area contributed by atoms with E-state index in [-0.39, 0.29) is 17.2 Å². The van der Waals surface area contributed by atoms with Crippen molar-refractivity contribution in [3.63, 3.8) is 0 Å². The van der Waals surface area contributed by atoms with E-state index in [0.717, 1.165) is 5.33 Å². The SMILES string of the molecule is CC(CBr)C(C)NS(=O)(=O)C1CCOCC1. The zero-order valence-corrected chi connectivity index (χ0v) is 12.2. The summed E-state index contributed by atoms with van der Waals surface area (Å²) in [6.45, 7) is 5.02. The highest BCUT2D eigenvalue weighted by molar-refractivity contribution is 9.09. The van der Waals surface area contributed by atoms with Gasteiger partial charge >= 0.3 is 0 Å². The molecule has 1 rings (SSSR count). The highest BCUT2D eigenvalue weighted by atomic mass is 79.9. The Hall–Kier alpha value is 0.350. The molecule has 6 heteroatoms. The number of nitrogens with one attached hydrogen (secondary N) is 1. The molecule has 1 saturated heterocycles. The first-order chi connectivity index (χ1) is 7.47. The van der Waals surface area contributed by atoms with Crippen LogP contribution in [0.2, 0.25) is 0 Å². The maximum atomic E-state index is 12.0. The van der Waals surface area contributed by atoms with Crippen LogP contribution < -0.4 is 4.72 Å². The van der Waals surface area contributed by atoms with Crippen LogP contribution in [0.1, 0.15) is 26.7 Å². The number of sulfonamides is 1. The normalized spacial score (nSPS) is 22.9. The molecule has 0 aromatic rings. The quantitative estimate of drug-likeness (QED) is 0.783. The number of halogens is 1. The maximum Gasteiger partial charge on any atom is 0.214 e. The summed E-state index contributed by atoms with van der Waals surface area (Å²) in [5.74, 6) is 0.287. The van der Waals surface area contributed by atoms with Crippen LogP contribution in [0.25, 0.3) is 0 Å². The van der Waals surface area contributed by atoms with Gasteiger partial charge in [-0.3, -0.25) is 0 Å². The van der Waals surface area contributed by atoms with Gasteiger partial charge in [0.25, 0.3) is 0 Å². The monoisotopic (exact) mass is 313 g/mol. The van der Waals surface area contributed by atoms with Gasteiger partial charge in [0.2, 0.25) is 10.0 Å². The third kappa shape index (κ3) is 3.98. The summed E-state index contributed by atoms with van der Waals surface area (Å²) in [4.78, 5) is 0. The fraction of sp³-hybridized carbons (Fsp3) is 1.00. The van der Waals surface area contributed by atoms with Crippen molar-refractivity contribution >= 4 is 26.0 Å². The zero-order chi connectivity index (χ0) is 12.2. The average Bonchev–Trinajstić information content (AvgIpc) is 2.28. The largest absolute Gasteiger partial charge is 0.381 e. The molecule has 0 saturated carbocycles. The van der Waals surface area contributed by atoms with Gasteiger partial charge < -0.3 is 4.74 Å². The molecule has 0 amide bonds. The molecule has 0 radical (unpaired) electrons. The second-order valence-electron chi connectivity index (χ2n) is 4.39. The van der Waals surface area contributed by atoms with Crippen LogP contribution in [0.4, 0.5) is 0 Å². The van der Waals surface area contributed by atoms with E-state index >= 15 is 0 Å². The third-order valence-electron chi connectivity index (χ3n) is 3.05. The van der Waals surface area contributed by atoms with E-state index in [1.807, 2.05) is 13.8 Å². The molecule has 2 atom stereocenters. The predicted octanol–water partition coefficient (Wildman–Crippen LogP) is 1.50. The van der Waals surface area contributed by atoms with Gasteiger partial charge in [0, 0.05) is 24.6 Å². The van der Waals surface area contributed by atoms with Crippen LogP contribution in [0, 0.1) is 5.92 Å². The summed E-state index contributed by atoms with van der Waals surface area (Å²) in [6, 6.07) is -0.0350. The summed E-state index contributed by atoms with van der Waals surface area (Å²) < 4.78 is 32.0. The van der Waals surface area contributed by atoms with E-state index in [1.165, 1.54) is 0 Å². The van der Waals surface area contributed by atoms with E-state index in [9.17, 15) is 8.42 Å². The standard InChI is InChI=1S/C10H20BrNO3S/c1-8(7-11)9(2)12-16(13,14)10-3-5-15-6-4-10/h8-10,12H,3-7H2,1-2H3. The molecule has 0 spiro atoms. The second-order valence-corrected chi connectivity index (χ2v) is 7.03. The summed E-state index contributed by atoms with van der Waals surface area (Å²) in [7, 11) is -3.19. The predicted molar refractivity (Wildman–Crippen MR) is 68.3 cm³/mol. The number of ether oxygens (including phenoxy) is 1. The lowest BCUT2D eigenvalue weighted by Crippen LogP contribution is -2.44. The van der Waals surface area contributed by atoms with Crippen LogP contribution in [-0.4, -0.2) is 38.3 Å². The Labute approximate surface area is 106 Å². The van der Waals surface area contributed by atoms with Gasteiger partial charge in [-0.25, -0.2) is 13.1 Å². The Morgan fingerprint density at radius 3 is 2.44 bits per heavy atom. The lowest BCUT2D eigenvalue weighted by atomic mass is 10.1. The van der Waals surface area contributed by atoms with E-state index in [2.05, 4.69) is 20.7 Å². The molecule has 16 heavy (non-hydrogen) atoms. The molecule has 96 valence electrons. The molecule has 0 aliphatic carbocycles. The first-order valence-corrected chi connectivity index (χ1v) is 8.29. The number of rotatable bonds is 5. The fourth-order valence-electron chi connectivity index (χ4n) is 1.59. The van der Waals surface area contributed by atoms with Crippen molar-refractivity contribution in [3.8, 4) is 0 Å². The third-order valence-corrected chi connectivity index (χ3v) is 6.12. The first kappa shape index (κ1) is 14.4. The van der Waals surface area contributed by atoms with Crippen LogP contribution in [0.5, 0.6) is 0 Å². The van der Waals surface area contributed by atoms with Gasteiger partial charge in [0.05, 0.1) is 5.25 Å². The lowest BCUT2D eigenvalue weighted by molar-refractivity contribution is 0.0980. The number of alkyl halides is 1. The van der Waals surface area contributed by atoms with Crippen molar-refractivity contribution in [1.82, 2.24) is 4.72 Å². The van der Waals surface area contributed by atoms with E-state index in [4.69, 9.17) is 4.74 Å². The highest BCUT2D eigenvalue weighted by Gasteiger charge is 2.29. The molecular formula is C10H20BrNO3S. The zero-order valence-electron chi connectivity index (χ0n) is 9.78. The number of hydrogen-bond donors (Lipinski definition) is 1. The molecule has 2 unspecified atom stereocenters. The fourth-order valence-corrected chi connectivity index (χ4v) is 3.91. The van der Waals surface area contributed by atoms with Crippen LogP contribution in [-0.2, 0) is 14.8 Å². The highest BCUT2D eigenvalue weighted by Crippen LogP contribution is 2.16. The topological polar surface area (TPSA) is 55.4 Å². The molecule has 0 aromatic heterocycles. The van der Waals surface area contributed by atoms with Crippen molar-refractivity contribution in [1.29, 1.82) is 0 Å². The molecule has 4 nitrogen and oxygen atoms in total. The average molecular weight is 314 g/mol. The molecule has 1 aliphatic rings. The van der Waals surface area contributed by atoms with E-state index in [1.54, 1.807) is 0 Å². The lowest BCUT2D eigenvalue weighted by Gasteiger charge is -2.26. The van der Waals surface area contributed by atoms with Crippen molar-refractivity contribution in [2.45, 2.75) is 38.0 Å². The summed E-state index contributed by atoms with van der Waals surface area (Å²) >= 11 is 3.36. The van der Waals surface area contributed by atoms with Gasteiger partial charge in [0.1, 0.15) is 0 Å². The minimum absolute atomic E-state index is 0.0350. The van der Waals surface area contributed by atoms with Gasteiger partial charge in [-0.2, -0.15) is 0 Å². The van der Waals surface area contributed by atoms with Crippen molar-refractivity contribution < 1.29 is 13.2 Å². The summed E-state index contributed by atoms with van der Waals surface area (Å²) in [6.07, 6.45) is 1.20. The Bertz CT molecular complexity index is 301. The van der Waals surface area contributed by atoms with Gasteiger partial charge in [-0.05, 0) is 25.7 Å². The van der Waals surface area contributed by atoms with Gasteiger partial charge in [-0.1, -0.05) is 22.9 Å².